The van der Waals surface area contributed by atoms with Crippen molar-refractivity contribution in [3.05, 3.63) is 64.7 Å². The second-order valence-electron chi connectivity index (χ2n) is 6.67. The van der Waals surface area contributed by atoms with Gasteiger partial charge in [-0.25, -0.2) is 0 Å². The summed E-state index contributed by atoms with van der Waals surface area (Å²) in [6, 6.07) is 14.5. The smallest absolute Gasteiger partial charge is 0.261 e. The number of carbonyl (C=O) groups excluding carboxylic acids is 1. The molecular weight excluding hydrogens is 310 g/mol. The van der Waals surface area contributed by atoms with Gasteiger partial charge in [0.05, 0.1) is 0 Å². The van der Waals surface area contributed by atoms with Crippen LogP contribution in [0.5, 0.6) is 5.75 Å². The van der Waals surface area contributed by atoms with Gasteiger partial charge in [-0.2, -0.15) is 0 Å². The van der Waals surface area contributed by atoms with Crippen molar-refractivity contribution >= 4 is 5.91 Å². The summed E-state index contributed by atoms with van der Waals surface area (Å²) in [4.78, 5) is 12.4. The highest BCUT2D eigenvalue weighted by Crippen LogP contribution is 2.20. The first kappa shape index (κ1) is 19.0. The number of nitrogens with one attached hydrogen (secondary N) is 1. The highest BCUT2D eigenvalue weighted by atomic mass is 16.5. The Morgan fingerprint density at radius 3 is 2.52 bits per heavy atom. The summed E-state index contributed by atoms with van der Waals surface area (Å²) < 4.78 is 5.93. The molecule has 0 aromatic heterocycles. The molecule has 0 spiro atoms. The van der Waals surface area contributed by atoms with Gasteiger partial charge in [0, 0.05) is 6.54 Å². The van der Waals surface area contributed by atoms with Crippen molar-refractivity contribution in [2.75, 3.05) is 6.54 Å². The second-order valence-corrected chi connectivity index (χ2v) is 6.67. The Hall–Kier alpha value is -2.29. The van der Waals surface area contributed by atoms with Gasteiger partial charge in [0.25, 0.3) is 5.91 Å². The number of rotatable bonds is 8. The number of amides is 1. The average Bonchev–Trinajstić information content (AvgIpc) is 2.58. The molecule has 0 saturated carbocycles. The fraction of sp³-hybridized carbons (Fsp3) is 0.409. The molecule has 0 saturated heterocycles. The van der Waals surface area contributed by atoms with Gasteiger partial charge in [-0.3, -0.25) is 4.79 Å². The second kappa shape index (κ2) is 9.26. The van der Waals surface area contributed by atoms with Crippen LogP contribution in [0.4, 0.5) is 0 Å². The minimum absolute atomic E-state index is 0.0354. The third kappa shape index (κ3) is 5.93. The van der Waals surface area contributed by atoms with Gasteiger partial charge < -0.3 is 10.1 Å². The first-order valence-electron chi connectivity index (χ1n) is 9.06. The molecule has 2 rings (SSSR count). The molecule has 0 aliphatic rings. The van der Waals surface area contributed by atoms with Gasteiger partial charge in [-0.15, -0.1) is 0 Å². The van der Waals surface area contributed by atoms with E-state index in [9.17, 15) is 4.79 Å². The lowest BCUT2D eigenvalue weighted by atomic mass is 10.1. The molecular formula is C22H29NO2. The zero-order chi connectivity index (χ0) is 18.2. The number of hydrogen-bond acceptors (Lipinski definition) is 2. The van der Waals surface area contributed by atoms with Crippen molar-refractivity contribution in [3.8, 4) is 5.75 Å². The first-order valence-corrected chi connectivity index (χ1v) is 9.06. The van der Waals surface area contributed by atoms with Crippen molar-refractivity contribution in [2.45, 2.75) is 53.1 Å². The van der Waals surface area contributed by atoms with Crippen LogP contribution in [0, 0.1) is 20.8 Å². The molecule has 1 amide bonds. The van der Waals surface area contributed by atoms with Gasteiger partial charge in [-0.05, 0) is 57.2 Å². The quantitative estimate of drug-likeness (QED) is 0.718. The fourth-order valence-corrected chi connectivity index (χ4v) is 2.89. The number of hydrogen-bond donors (Lipinski definition) is 1. The van der Waals surface area contributed by atoms with Crippen LogP contribution in [0.1, 0.15) is 42.0 Å². The molecule has 25 heavy (non-hydrogen) atoms. The highest BCUT2D eigenvalue weighted by Gasteiger charge is 2.18. The topological polar surface area (TPSA) is 38.3 Å². The summed E-state index contributed by atoms with van der Waals surface area (Å²) in [5.41, 5.74) is 4.84. The van der Waals surface area contributed by atoms with E-state index >= 15 is 0 Å². The largest absolute Gasteiger partial charge is 0.480 e. The molecule has 0 fully saturated rings. The molecule has 0 aliphatic carbocycles. The zero-order valence-corrected chi connectivity index (χ0v) is 15.8. The Bertz CT molecular complexity index is 709. The number of carbonyl (C=O) groups is 1. The molecule has 0 aliphatic heterocycles. The van der Waals surface area contributed by atoms with Crippen LogP contribution in [0.3, 0.4) is 0 Å². The molecule has 2 aromatic carbocycles. The number of aryl methyl sites for hydroxylation is 4. The van der Waals surface area contributed by atoms with Crippen LogP contribution >= 0.6 is 0 Å². The Morgan fingerprint density at radius 1 is 1.08 bits per heavy atom. The van der Waals surface area contributed by atoms with Gasteiger partial charge in [0.15, 0.2) is 6.10 Å². The molecule has 0 heterocycles. The van der Waals surface area contributed by atoms with Crippen molar-refractivity contribution in [1.29, 1.82) is 0 Å². The van der Waals surface area contributed by atoms with E-state index in [1.807, 2.05) is 26.0 Å². The third-order valence-corrected chi connectivity index (χ3v) is 4.29. The molecule has 1 N–H and O–H groups in total. The minimum atomic E-state index is -0.444. The fourth-order valence-electron chi connectivity index (χ4n) is 2.89. The lowest BCUT2D eigenvalue weighted by molar-refractivity contribution is -0.128. The van der Waals surface area contributed by atoms with Crippen molar-refractivity contribution in [1.82, 2.24) is 5.32 Å². The predicted octanol–water partition coefficient (Wildman–Crippen LogP) is 4.52. The summed E-state index contributed by atoms with van der Waals surface area (Å²) in [5.74, 6) is 0.749. The Kier molecular flexibility index (Phi) is 7.05. The average molecular weight is 339 g/mol. The molecule has 0 bridgehead atoms. The Labute approximate surface area is 151 Å². The molecule has 2 aromatic rings. The van der Waals surface area contributed by atoms with Crippen LogP contribution < -0.4 is 10.1 Å². The van der Waals surface area contributed by atoms with Crippen LogP contribution in [0.2, 0.25) is 0 Å². The summed E-state index contributed by atoms with van der Waals surface area (Å²) in [6.45, 7) is 8.80. The Morgan fingerprint density at radius 2 is 1.84 bits per heavy atom. The number of benzene rings is 2. The summed E-state index contributed by atoms with van der Waals surface area (Å²) in [7, 11) is 0. The van der Waals surface area contributed by atoms with E-state index in [2.05, 4.69) is 49.5 Å². The van der Waals surface area contributed by atoms with E-state index in [1.165, 1.54) is 16.7 Å². The standard InChI is InChI=1S/C22H29NO2/c1-5-20(25-21-12-11-17(3)14-18(21)4)22(24)23-13-7-10-19-9-6-8-16(2)15-19/h6,8-9,11-12,14-15,20H,5,7,10,13H2,1-4H3,(H,23,24). The van der Waals surface area contributed by atoms with E-state index in [0.29, 0.717) is 13.0 Å². The molecule has 1 unspecified atom stereocenters. The molecule has 3 heteroatoms. The molecule has 1 atom stereocenters. The van der Waals surface area contributed by atoms with Crippen LogP contribution in [-0.4, -0.2) is 18.6 Å². The van der Waals surface area contributed by atoms with Crippen LogP contribution in [-0.2, 0) is 11.2 Å². The van der Waals surface area contributed by atoms with Gasteiger partial charge in [0.1, 0.15) is 5.75 Å². The normalized spacial score (nSPS) is 11.8. The van der Waals surface area contributed by atoms with Crippen molar-refractivity contribution in [2.24, 2.45) is 0 Å². The minimum Gasteiger partial charge on any atom is -0.480 e. The summed E-state index contributed by atoms with van der Waals surface area (Å²) in [6.07, 6.45) is 2.10. The Balaban J connectivity index is 1.81. The molecule has 134 valence electrons. The van der Waals surface area contributed by atoms with Gasteiger partial charge in [-0.1, -0.05) is 54.4 Å². The van der Waals surface area contributed by atoms with Gasteiger partial charge >= 0.3 is 0 Å². The first-order chi connectivity index (χ1) is 12.0. The third-order valence-electron chi connectivity index (χ3n) is 4.29. The number of ether oxygens (including phenoxy) is 1. The van der Waals surface area contributed by atoms with Crippen molar-refractivity contribution < 1.29 is 9.53 Å². The predicted molar refractivity (Wildman–Crippen MR) is 103 cm³/mol. The van der Waals surface area contributed by atoms with E-state index in [1.54, 1.807) is 0 Å². The monoisotopic (exact) mass is 339 g/mol. The highest BCUT2D eigenvalue weighted by molar-refractivity contribution is 5.81. The molecule has 0 radical (unpaired) electrons. The maximum absolute atomic E-state index is 12.4. The maximum Gasteiger partial charge on any atom is 0.261 e. The van der Waals surface area contributed by atoms with E-state index in [0.717, 1.165) is 24.2 Å². The zero-order valence-electron chi connectivity index (χ0n) is 15.8. The van der Waals surface area contributed by atoms with E-state index < -0.39 is 6.10 Å². The van der Waals surface area contributed by atoms with E-state index in [-0.39, 0.29) is 5.91 Å². The van der Waals surface area contributed by atoms with Gasteiger partial charge in [0.2, 0.25) is 0 Å². The lowest BCUT2D eigenvalue weighted by Gasteiger charge is -2.19. The van der Waals surface area contributed by atoms with E-state index in [4.69, 9.17) is 4.74 Å². The SMILES string of the molecule is CCC(Oc1ccc(C)cc1C)C(=O)NCCCc1cccc(C)c1. The van der Waals surface area contributed by atoms with Crippen LogP contribution in [0.25, 0.3) is 0 Å². The lowest BCUT2D eigenvalue weighted by Crippen LogP contribution is -2.38. The summed E-state index contributed by atoms with van der Waals surface area (Å²) in [5, 5.41) is 3.01. The summed E-state index contributed by atoms with van der Waals surface area (Å²) >= 11 is 0. The molecule has 3 nitrogen and oxygen atoms in total. The maximum atomic E-state index is 12.4. The van der Waals surface area contributed by atoms with Crippen LogP contribution in [0.15, 0.2) is 42.5 Å². The van der Waals surface area contributed by atoms with Crippen molar-refractivity contribution in [3.63, 3.8) is 0 Å².